The Labute approximate surface area is 110 Å². The van der Waals surface area contributed by atoms with Crippen molar-refractivity contribution in [3.05, 3.63) is 53.1 Å². The number of hydrogen-bond donors (Lipinski definition) is 1. The summed E-state index contributed by atoms with van der Waals surface area (Å²) in [5.41, 5.74) is 2.47. The van der Waals surface area contributed by atoms with Gasteiger partial charge in [-0.3, -0.25) is 9.78 Å². The third kappa shape index (κ3) is 2.70. The minimum atomic E-state index is -1.05. The number of carboxylic acid groups (broad SMARTS) is 1. The molecule has 2 aromatic rings. The van der Waals surface area contributed by atoms with E-state index in [1.54, 1.807) is 23.2 Å². The Morgan fingerprint density at radius 3 is 2.74 bits per heavy atom. The minimum Gasteiger partial charge on any atom is -0.477 e. The number of hydrogen-bond acceptors (Lipinski definition) is 3. The van der Waals surface area contributed by atoms with E-state index >= 15 is 0 Å². The highest BCUT2D eigenvalue weighted by Crippen LogP contribution is 2.14. The lowest BCUT2D eigenvalue weighted by molar-refractivity contribution is 0.0685. The summed E-state index contributed by atoms with van der Waals surface area (Å²) in [6, 6.07) is 3.27. The van der Waals surface area contributed by atoms with Crippen LogP contribution < -0.4 is 0 Å². The molecule has 0 saturated carbocycles. The van der Waals surface area contributed by atoms with Crippen molar-refractivity contribution < 1.29 is 14.7 Å². The smallest absolute Gasteiger partial charge is 0.352 e. The highest BCUT2D eigenvalue weighted by molar-refractivity contribution is 5.97. The minimum absolute atomic E-state index is 0.105. The molecule has 5 nitrogen and oxygen atoms in total. The van der Waals surface area contributed by atoms with Gasteiger partial charge < -0.3 is 9.67 Å². The van der Waals surface area contributed by atoms with E-state index < -0.39 is 5.97 Å². The van der Waals surface area contributed by atoms with E-state index in [0.717, 1.165) is 11.1 Å². The van der Waals surface area contributed by atoms with Crippen LogP contribution >= 0.6 is 0 Å². The SMILES string of the molecule is CC(=O)c1cc(C(=O)O)n(Cc2cnccc2C)c1. The van der Waals surface area contributed by atoms with E-state index in [4.69, 9.17) is 5.11 Å². The standard InChI is InChI=1S/C14H14N2O3/c1-9-3-4-15-6-12(9)8-16-7-11(10(2)17)5-13(16)14(18)19/h3-7H,8H2,1-2H3,(H,18,19). The molecular formula is C14H14N2O3. The number of aromatic carboxylic acids is 1. The first-order chi connectivity index (χ1) is 8.99. The number of pyridine rings is 1. The highest BCUT2D eigenvalue weighted by atomic mass is 16.4. The summed E-state index contributed by atoms with van der Waals surface area (Å²) in [6.07, 6.45) is 4.96. The molecule has 0 aromatic carbocycles. The number of carbonyl (C=O) groups is 2. The van der Waals surface area contributed by atoms with E-state index in [2.05, 4.69) is 4.98 Å². The summed E-state index contributed by atoms with van der Waals surface area (Å²) in [4.78, 5) is 26.5. The average molecular weight is 258 g/mol. The molecule has 0 spiro atoms. The summed E-state index contributed by atoms with van der Waals surface area (Å²) in [5, 5.41) is 9.16. The molecule has 0 fully saturated rings. The zero-order valence-electron chi connectivity index (χ0n) is 10.8. The van der Waals surface area contributed by atoms with Gasteiger partial charge in [0.05, 0.1) is 0 Å². The van der Waals surface area contributed by atoms with Crippen molar-refractivity contribution in [2.45, 2.75) is 20.4 Å². The molecule has 0 radical (unpaired) electrons. The van der Waals surface area contributed by atoms with Crippen LogP contribution in [0.2, 0.25) is 0 Å². The maximum absolute atomic E-state index is 11.3. The number of rotatable bonds is 4. The first-order valence-electron chi connectivity index (χ1n) is 5.83. The number of nitrogens with zero attached hydrogens (tertiary/aromatic N) is 2. The molecule has 0 unspecified atom stereocenters. The molecule has 0 aliphatic heterocycles. The van der Waals surface area contributed by atoms with Crippen molar-refractivity contribution in [2.75, 3.05) is 0 Å². The summed E-state index contributed by atoms with van der Waals surface area (Å²) in [7, 11) is 0. The van der Waals surface area contributed by atoms with Gasteiger partial charge in [0.2, 0.25) is 0 Å². The molecule has 0 aliphatic carbocycles. The van der Waals surface area contributed by atoms with E-state index in [-0.39, 0.29) is 11.5 Å². The maximum Gasteiger partial charge on any atom is 0.352 e. The van der Waals surface area contributed by atoms with Crippen molar-refractivity contribution >= 4 is 11.8 Å². The lowest BCUT2D eigenvalue weighted by Gasteiger charge is -2.08. The second kappa shape index (κ2) is 5.06. The first-order valence-corrected chi connectivity index (χ1v) is 5.83. The van der Waals surface area contributed by atoms with Crippen LogP contribution in [0.1, 0.15) is 38.9 Å². The number of aromatic nitrogens is 2. The molecule has 5 heteroatoms. The lowest BCUT2D eigenvalue weighted by atomic mass is 10.1. The second-order valence-electron chi connectivity index (χ2n) is 4.41. The molecular weight excluding hydrogens is 244 g/mol. The van der Waals surface area contributed by atoms with Gasteiger partial charge in [-0.15, -0.1) is 0 Å². The molecule has 98 valence electrons. The molecule has 1 N–H and O–H groups in total. The van der Waals surface area contributed by atoms with Crippen LogP contribution in [-0.2, 0) is 6.54 Å². The Morgan fingerprint density at radius 1 is 1.42 bits per heavy atom. The van der Waals surface area contributed by atoms with Crippen molar-refractivity contribution in [1.29, 1.82) is 0 Å². The number of carbonyl (C=O) groups excluding carboxylic acids is 1. The van der Waals surface area contributed by atoms with Gasteiger partial charge in [0.1, 0.15) is 5.69 Å². The molecule has 2 rings (SSSR count). The Balaban J connectivity index is 2.42. The zero-order valence-corrected chi connectivity index (χ0v) is 10.8. The Kier molecular flexibility index (Phi) is 3.46. The van der Waals surface area contributed by atoms with Crippen LogP contribution in [0.15, 0.2) is 30.7 Å². The van der Waals surface area contributed by atoms with Crippen LogP contribution in [0, 0.1) is 6.92 Å². The molecule has 0 aliphatic rings. The molecule has 0 bridgehead atoms. The monoisotopic (exact) mass is 258 g/mol. The summed E-state index contributed by atoms with van der Waals surface area (Å²) >= 11 is 0. The van der Waals surface area contributed by atoms with Crippen LogP contribution in [0.25, 0.3) is 0 Å². The van der Waals surface area contributed by atoms with E-state index in [0.29, 0.717) is 12.1 Å². The molecule has 19 heavy (non-hydrogen) atoms. The number of ketones is 1. The largest absolute Gasteiger partial charge is 0.477 e. The van der Waals surface area contributed by atoms with E-state index in [9.17, 15) is 9.59 Å². The van der Waals surface area contributed by atoms with Crippen molar-refractivity contribution in [3.8, 4) is 0 Å². The topological polar surface area (TPSA) is 72.2 Å². The number of aryl methyl sites for hydroxylation is 1. The first kappa shape index (κ1) is 13.0. The van der Waals surface area contributed by atoms with E-state index in [1.165, 1.54) is 13.0 Å². The summed E-state index contributed by atoms with van der Waals surface area (Å²) < 4.78 is 1.56. The second-order valence-corrected chi connectivity index (χ2v) is 4.41. The molecule has 2 aromatic heterocycles. The fourth-order valence-corrected chi connectivity index (χ4v) is 1.86. The van der Waals surface area contributed by atoms with Crippen LogP contribution in [0.5, 0.6) is 0 Å². The number of carboxylic acids is 1. The lowest BCUT2D eigenvalue weighted by Crippen LogP contribution is -2.09. The van der Waals surface area contributed by atoms with Gasteiger partial charge in [-0.1, -0.05) is 0 Å². The van der Waals surface area contributed by atoms with E-state index in [1.807, 2.05) is 13.0 Å². The molecule has 2 heterocycles. The highest BCUT2D eigenvalue weighted by Gasteiger charge is 2.15. The fourth-order valence-electron chi connectivity index (χ4n) is 1.86. The van der Waals surface area contributed by atoms with Gasteiger partial charge in [0, 0.05) is 30.7 Å². The Bertz CT molecular complexity index is 644. The van der Waals surface area contributed by atoms with Gasteiger partial charge in [-0.25, -0.2) is 4.79 Å². The molecule has 0 atom stereocenters. The predicted molar refractivity (Wildman–Crippen MR) is 69.5 cm³/mol. The van der Waals surface area contributed by atoms with Gasteiger partial charge in [0.25, 0.3) is 0 Å². The molecule has 0 saturated heterocycles. The van der Waals surface area contributed by atoms with Gasteiger partial charge >= 0.3 is 5.97 Å². The molecule has 0 amide bonds. The van der Waals surface area contributed by atoms with Crippen molar-refractivity contribution in [3.63, 3.8) is 0 Å². The summed E-state index contributed by atoms with van der Waals surface area (Å²) in [5.74, 6) is -1.20. The van der Waals surface area contributed by atoms with Crippen molar-refractivity contribution in [2.24, 2.45) is 0 Å². The maximum atomic E-state index is 11.3. The fraction of sp³-hybridized carbons (Fsp3) is 0.214. The quantitative estimate of drug-likeness (QED) is 0.853. The van der Waals surface area contributed by atoms with Gasteiger partial charge in [-0.05, 0) is 37.1 Å². The third-order valence-electron chi connectivity index (χ3n) is 3.01. The van der Waals surface area contributed by atoms with Gasteiger partial charge in [0.15, 0.2) is 5.78 Å². The average Bonchev–Trinajstić information content (AvgIpc) is 2.76. The van der Waals surface area contributed by atoms with Crippen LogP contribution in [0.3, 0.4) is 0 Å². The van der Waals surface area contributed by atoms with Crippen LogP contribution in [-0.4, -0.2) is 26.4 Å². The number of Topliss-reactive ketones (excluding diaryl/α,β-unsaturated/α-hetero) is 1. The predicted octanol–water partition coefficient (Wildman–Crippen LogP) is 2.14. The zero-order chi connectivity index (χ0) is 14.0. The summed E-state index contributed by atoms with van der Waals surface area (Å²) in [6.45, 7) is 3.74. The Morgan fingerprint density at radius 2 is 2.16 bits per heavy atom. The van der Waals surface area contributed by atoms with Gasteiger partial charge in [-0.2, -0.15) is 0 Å². The Hall–Kier alpha value is -2.43. The third-order valence-corrected chi connectivity index (χ3v) is 3.01. The van der Waals surface area contributed by atoms with Crippen molar-refractivity contribution in [1.82, 2.24) is 9.55 Å². The van der Waals surface area contributed by atoms with Crippen LogP contribution in [0.4, 0.5) is 0 Å². The normalized spacial score (nSPS) is 10.4.